The van der Waals surface area contributed by atoms with Crippen molar-refractivity contribution in [2.45, 2.75) is 39.0 Å². The van der Waals surface area contributed by atoms with Crippen LogP contribution in [0.4, 0.5) is 8.78 Å². The molecular formula is C24H24Cl3F2N3O4. The van der Waals surface area contributed by atoms with Gasteiger partial charge in [0.1, 0.15) is 0 Å². The molecular weight excluding hydrogens is 539 g/mol. The van der Waals surface area contributed by atoms with E-state index in [1.54, 1.807) is 25.1 Å². The lowest BCUT2D eigenvalue weighted by Crippen LogP contribution is -2.25. The predicted octanol–water partition coefficient (Wildman–Crippen LogP) is 6.41. The minimum Gasteiger partial charge on any atom is -0.489 e. The van der Waals surface area contributed by atoms with E-state index in [1.807, 2.05) is 0 Å². The van der Waals surface area contributed by atoms with Crippen LogP contribution in [0.25, 0.3) is 11.5 Å². The first-order valence-corrected chi connectivity index (χ1v) is 11.7. The maximum Gasteiger partial charge on any atom is 0.387 e. The molecule has 7 nitrogen and oxygen atoms in total. The molecule has 1 heterocycles. The number of benzene rings is 2. The third-order valence-corrected chi connectivity index (χ3v) is 6.06. The molecule has 0 saturated heterocycles. The highest BCUT2D eigenvalue weighted by Crippen LogP contribution is 2.37. The van der Waals surface area contributed by atoms with Gasteiger partial charge >= 0.3 is 6.61 Å². The highest BCUT2D eigenvalue weighted by Gasteiger charge is 2.26. The Labute approximate surface area is 222 Å². The van der Waals surface area contributed by atoms with Crippen LogP contribution in [-0.4, -0.2) is 24.1 Å². The van der Waals surface area contributed by atoms with Crippen molar-refractivity contribution >= 4 is 41.5 Å². The number of amides is 1. The van der Waals surface area contributed by atoms with Gasteiger partial charge in [-0.1, -0.05) is 29.3 Å². The maximum atomic E-state index is 12.9. The molecule has 194 valence electrons. The van der Waals surface area contributed by atoms with Crippen molar-refractivity contribution < 1.29 is 27.5 Å². The van der Waals surface area contributed by atoms with Crippen LogP contribution in [0.5, 0.6) is 11.5 Å². The number of ether oxygens (including phenoxy) is 2. The minimum atomic E-state index is -3.00. The van der Waals surface area contributed by atoms with Gasteiger partial charge in [-0.25, -0.2) is 4.98 Å². The van der Waals surface area contributed by atoms with Gasteiger partial charge in [-0.3, -0.25) is 4.79 Å². The lowest BCUT2D eigenvalue weighted by atomic mass is 10.2. The molecule has 1 fully saturated rings. The van der Waals surface area contributed by atoms with Crippen LogP contribution in [0.1, 0.15) is 47.6 Å². The molecule has 36 heavy (non-hydrogen) atoms. The second kappa shape index (κ2) is 12.1. The summed E-state index contributed by atoms with van der Waals surface area (Å²) in [6.45, 7) is -0.901. The number of oxazole rings is 1. The molecule has 1 atom stereocenters. The van der Waals surface area contributed by atoms with E-state index in [1.165, 1.54) is 18.2 Å². The third-order valence-electron chi connectivity index (χ3n) is 5.35. The molecule has 4 rings (SSSR count). The van der Waals surface area contributed by atoms with Gasteiger partial charge in [-0.2, -0.15) is 8.78 Å². The molecule has 12 heteroatoms. The Morgan fingerprint density at radius 1 is 1.22 bits per heavy atom. The fourth-order valence-corrected chi connectivity index (χ4v) is 3.85. The van der Waals surface area contributed by atoms with Crippen LogP contribution < -0.4 is 20.5 Å². The van der Waals surface area contributed by atoms with Crippen LogP contribution in [0, 0.1) is 5.92 Å². The molecule has 1 aromatic heterocycles. The average Bonchev–Trinajstić information content (AvgIpc) is 3.52. The lowest BCUT2D eigenvalue weighted by Gasteiger charge is -2.12. The van der Waals surface area contributed by atoms with Crippen LogP contribution in [0.2, 0.25) is 10.0 Å². The Hall–Kier alpha value is -2.59. The Balaban J connectivity index is 0.00000361. The van der Waals surface area contributed by atoms with Crippen molar-refractivity contribution in [3.63, 3.8) is 0 Å². The van der Waals surface area contributed by atoms with E-state index in [0.29, 0.717) is 33.7 Å². The first kappa shape index (κ1) is 28.0. The van der Waals surface area contributed by atoms with Crippen molar-refractivity contribution in [3.05, 3.63) is 63.5 Å². The number of nitrogens with zero attached hydrogens (tertiary/aromatic N) is 1. The Morgan fingerprint density at radius 3 is 2.53 bits per heavy atom. The van der Waals surface area contributed by atoms with Crippen LogP contribution in [0.15, 0.2) is 40.8 Å². The quantitative estimate of drug-likeness (QED) is 0.296. The van der Waals surface area contributed by atoms with E-state index in [-0.39, 0.29) is 47.8 Å². The number of hydrogen-bond donors (Lipinski definition) is 2. The topological polar surface area (TPSA) is 99.6 Å². The molecule has 1 saturated carbocycles. The van der Waals surface area contributed by atoms with Gasteiger partial charge in [0.15, 0.2) is 23.0 Å². The monoisotopic (exact) mass is 561 g/mol. The predicted molar refractivity (Wildman–Crippen MR) is 134 cm³/mol. The van der Waals surface area contributed by atoms with Gasteiger partial charge in [0.25, 0.3) is 5.91 Å². The normalized spacial score (nSPS) is 13.8. The summed E-state index contributed by atoms with van der Waals surface area (Å²) in [5.74, 6) is 0.138. The molecule has 0 spiro atoms. The summed E-state index contributed by atoms with van der Waals surface area (Å²) < 4.78 is 41.7. The molecule has 1 amide bonds. The lowest BCUT2D eigenvalue weighted by molar-refractivity contribution is -0.0515. The van der Waals surface area contributed by atoms with Gasteiger partial charge in [-0.05, 0) is 56.0 Å². The standard InChI is InChI=1S/C24H23Cl2F2N3O4.ClH/c1-12(29)21-20(22(32)30-10-15-16(25)3-2-4-17(15)26)31-23(35-21)14-7-8-18(34-24(27)28)19(9-14)33-11-13-5-6-13;/h2-4,7-9,12-13,24H,5-6,10-11,29H2,1H3,(H,30,32);1H. The molecule has 1 unspecified atom stereocenters. The van der Waals surface area contributed by atoms with Crippen molar-refractivity contribution in [1.82, 2.24) is 10.3 Å². The summed E-state index contributed by atoms with van der Waals surface area (Å²) in [6, 6.07) is 8.72. The molecule has 0 aliphatic heterocycles. The number of nitrogens with two attached hydrogens (primary N) is 1. The zero-order valence-corrected chi connectivity index (χ0v) is 21.4. The van der Waals surface area contributed by atoms with Gasteiger partial charge < -0.3 is 24.9 Å². The largest absolute Gasteiger partial charge is 0.489 e. The van der Waals surface area contributed by atoms with E-state index in [2.05, 4.69) is 15.0 Å². The number of alkyl halides is 2. The smallest absolute Gasteiger partial charge is 0.387 e. The molecule has 3 aromatic rings. The van der Waals surface area contributed by atoms with Crippen LogP contribution in [0.3, 0.4) is 0 Å². The van der Waals surface area contributed by atoms with Crippen LogP contribution in [-0.2, 0) is 6.54 Å². The number of halogens is 5. The Kier molecular flexibility index (Phi) is 9.41. The van der Waals surface area contributed by atoms with E-state index >= 15 is 0 Å². The highest BCUT2D eigenvalue weighted by atomic mass is 35.5. The molecule has 1 aliphatic carbocycles. The number of aromatic nitrogens is 1. The van der Waals surface area contributed by atoms with E-state index < -0.39 is 18.6 Å². The summed E-state index contributed by atoms with van der Waals surface area (Å²) in [4.78, 5) is 17.3. The fraction of sp³-hybridized carbons (Fsp3) is 0.333. The van der Waals surface area contributed by atoms with E-state index in [0.717, 1.165) is 12.8 Å². The average molecular weight is 563 g/mol. The number of hydrogen-bond acceptors (Lipinski definition) is 6. The fourth-order valence-electron chi connectivity index (χ4n) is 3.32. The minimum absolute atomic E-state index is 0. The van der Waals surface area contributed by atoms with Crippen molar-refractivity contribution in [1.29, 1.82) is 0 Å². The summed E-state index contributed by atoms with van der Waals surface area (Å²) >= 11 is 12.3. The molecule has 0 radical (unpaired) electrons. The van der Waals surface area contributed by atoms with Crippen LogP contribution >= 0.6 is 35.6 Å². The summed E-state index contributed by atoms with van der Waals surface area (Å²) in [5, 5.41) is 3.55. The van der Waals surface area contributed by atoms with Crippen molar-refractivity contribution in [2.75, 3.05) is 6.61 Å². The second-order valence-corrected chi connectivity index (χ2v) is 9.01. The Morgan fingerprint density at radius 2 is 1.92 bits per heavy atom. The number of carbonyl (C=O) groups is 1. The summed E-state index contributed by atoms with van der Waals surface area (Å²) in [7, 11) is 0. The molecule has 1 aliphatic rings. The second-order valence-electron chi connectivity index (χ2n) is 8.20. The first-order chi connectivity index (χ1) is 16.7. The SMILES string of the molecule is CC(N)c1oc(-c2ccc(OC(F)F)c(OCC3CC3)c2)nc1C(=O)NCc1c(Cl)cccc1Cl.Cl. The number of nitrogens with one attached hydrogen (secondary N) is 1. The maximum absolute atomic E-state index is 12.9. The van der Waals surface area contributed by atoms with Gasteiger partial charge in [0.2, 0.25) is 5.89 Å². The van der Waals surface area contributed by atoms with Crippen molar-refractivity contribution in [2.24, 2.45) is 11.7 Å². The van der Waals surface area contributed by atoms with E-state index in [9.17, 15) is 13.6 Å². The zero-order chi connectivity index (χ0) is 25.1. The van der Waals surface area contributed by atoms with Gasteiger partial charge in [-0.15, -0.1) is 12.4 Å². The third kappa shape index (κ3) is 6.79. The van der Waals surface area contributed by atoms with E-state index in [4.69, 9.17) is 38.1 Å². The number of carbonyl (C=O) groups excluding carboxylic acids is 1. The van der Waals surface area contributed by atoms with Crippen molar-refractivity contribution in [3.8, 4) is 23.0 Å². The summed E-state index contributed by atoms with van der Waals surface area (Å²) in [5.41, 5.74) is 6.97. The van der Waals surface area contributed by atoms with Gasteiger partial charge in [0, 0.05) is 27.7 Å². The molecule has 0 bridgehead atoms. The Bertz CT molecular complexity index is 1200. The zero-order valence-electron chi connectivity index (χ0n) is 19.1. The first-order valence-electron chi connectivity index (χ1n) is 10.9. The summed E-state index contributed by atoms with van der Waals surface area (Å²) in [6.07, 6.45) is 2.06. The molecule has 2 aromatic carbocycles. The van der Waals surface area contributed by atoms with Gasteiger partial charge in [0.05, 0.1) is 12.6 Å². The number of rotatable bonds is 10. The highest BCUT2D eigenvalue weighted by molar-refractivity contribution is 6.36. The molecule has 3 N–H and O–H groups in total.